The third kappa shape index (κ3) is 4.28. The molecule has 1 aliphatic rings. The standard InChI is InChI=1S/C14H16Cl2N2O/c15-12-1-2-14(13(16)9-12)19-8-7-18-5-3-11(10-17)4-6-18/h1-2,9,11H,3-8H2. The van der Waals surface area contributed by atoms with Gasteiger partial charge in [0.15, 0.2) is 0 Å². The van der Waals surface area contributed by atoms with Gasteiger partial charge in [-0.15, -0.1) is 0 Å². The molecule has 0 amide bonds. The molecule has 0 atom stereocenters. The lowest BCUT2D eigenvalue weighted by atomic mass is 9.99. The minimum Gasteiger partial charge on any atom is -0.491 e. The van der Waals surface area contributed by atoms with Crippen LogP contribution in [0.5, 0.6) is 5.75 Å². The van der Waals surface area contributed by atoms with Crippen LogP contribution < -0.4 is 4.74 Å². The summed E-state index contributed by atoms with van der Waals surface area (Å²) < 4.78 is 5.65. The first-order valence-corrected chi connectivity index (χ1v) is 7.14. The van der Waals surface area contributed by atoms with Gasteiger partial charge in [0.05, 0.1) is 11.1 Å². The van der Waals surface area contributed by atoms with Crippen LogP contribution in [0.4, 0.5) is 0 Å². The molecule has 0 aliphatic carbocycles. The molecule has 1 saturated heterocycles. The number of likely N-dealkylation sites (tertiary alicyclic amines) is 1. The molecule has 1 aliphatic heterocycles. The van der Waals surface area contributed by atoms with Crippen LogP contribution in [-0.4, -0.2) is 31.1 Å². The largest absolute Gasteiger partial charge is 0.491 e. The summed E-state index contributed by atoms with van der Waals surface area (Å²) in [6.45, 7) is 3.39. The number of nitrogens with zero attached hydrogens (tertiary/aromatic N) is 2. The lowest BCUT2D eigenvalue weighted by Gasteiger charge is -2.28. The fraction of sp³-hybridized carbons (Fsp3) is 0.500. The maximum Gasteiger partial charge on any atom is 0.138 e. The number of piperidine rings is 1. The minimum absolute atomic E-state index is 0.225. The second-order valence-corrected chi connectivity index (χ2v) is 5.51. The van der Waals surface area contributed by atoms with Crippen molar-refractivity contribution in [1.29, 1.82) is 5.26 Å². The summed E-state index contributed by atoms with van der Waals surface area (Å²) >= 11 is 11.9. The Kier molecular flexibility index (Phi) is 5.33. The van der Waals surface area contributed by atoms with Crippen LogP contribution in [0.2, 0.25) is 10.0 Å². The monoisotopic (exact) mass is 298 g/mol. The molecule has 0 radical (unpaired) electrons. The van der Waals surface area contributed by atoms with Crippen LogP contribution in [0, 0.1) is 17.2 Å². The Balaban J connectivity index is 1.74. The van der Waals surface area contributed by atoms with Crippen molar-refractivity contribution in [3.63, 3.8) is 0 Å². The molecule has 1 aromatic carbocycles. The van der Waals surface area contributed by atoms with Crippen molar-refractivity contribution in [2.45, 2.75) is 12.8 Å². The van der Waals surface area contributed by atoms with Crippen molar-refractivity contribution in [3.8, 4) is 11.8 Å². The Morgan fingerprint density at radius 2 is 2.05 bits per heavy atom. The second-order valence-electron chi connectivity index (χ2n) is 4.67. The zero-order valence-electron chi connectivity index (χ0n) is 10.6. The lowest BCUT2D eigenvalue weighted by Crippen LogP contribution is -2.36. The fourth-order valence-corrected chi connectivity index (χ4v) is 2.63. The molecular formula is C14H16Cl2N2O. The number of nitriles is 1. The van der Waals surface area contributed by atoms with Gasteiger partial charge in [-0.1, -0.05) is 23.2 Å². The van der Waals surface area contributed by atoms with Gasteiger partial charge < -0.3 is 4.74 Å². The van der Waals surface area contributed by atoms with E-state index in [2.05, 4.69) is 11.0 Å². The molecule has 1 fully saturated rings. The van der Waals surface area contributed by atoms with Crippen LogP contribution in [-0.2, 0) is 0 Å². The molecule has 5 heteroatoms. The average molecular weight is 299 g/mol. The maximum absolute atomic E-state index is 8.84. The first kappa shape index (κ1) is 14.5. The lowest BCUT2D eigenvalue weighted by molar-refractivity contribution is 0.169. The molecule has 0 aromatic heterocycles. The molecule has 0 N–H and O–H groups in total. The quantitative estimate of drug-likeness (QED) is 0.852. The van der Waals surface area contributed by atoms with Crippen LogP contribution in [0.1, 0.15) is 12.8 Å². The molecule has 0 saturated carbocycles. The SMILES string of the molecule is N#CC1CCN(CCOc2ccc(Cl)cc2Cl)CC1. The van der Waals surface area contributed by atoms with E-state index in [1.165, 1.54) is 0 Å². The number of benzene rings is 1. The van der Waals surface area contributed by atoms with Crippen molar-refractivity contribution in [2.24, 2.45) is 5.92 Å². The predicted octanol–water partition coefficient (Wildman–Crippen LogP) is 3.61. The van der Waals surface area contributed by atoms with E-state index in [9.17, 15) is 0 Å². The Morgan fingerprint density at radius 3 is 2.68 bits per heavy atom. The minimum atomic E-state index is 0.225. The highest BCUT2D eigenvalue weighted by Gasteiger charge is 2.18. The molecule has 19 heavy (non-hydrogen) atoms. The third-order valence-corrected chi connectivity index (χ3v) is 3.86. The summed E-state index contributed by atoms with van der Waals surface area (Å²) in [5.41, 5.74) is 0. The van der Waals surface area contributed by atoms with E-state index in [4.69, 9.17) is 33.2 Å². The third-order valence-electron chi connectivity index (χ3n) is 3.33. The molecule has 0 bridgehead atoms. The van der Waals surface area contributed by atoms with Crippen LogP contribution in [0.3, 0.4) is 0 Å². The number of halogens is 2. The van der Waals surface area contributed by atoms with Crippen molar-refractivity contribution >= 4 is 23.2 Å². The van der Waals surface area contributed by atoms with Crippen molar-refractivity contribution in [3.05, 3.63) is 28.2 Å². The summed E-state index contributed by atoms with van der Waals surface area (Å²) in [5.74, 6) is 0.890. The topological polar surface area (TPSA) is 36.3 Å². The first-order chi connectivity index (χ1) is 9.19. The van der Waals surface area contributed by atoms with Crippen LogP contribution in [0.15, 0.2) is 18.2 Å². The summed E-state index contributed by atoms with van der Waals surface area (Å²) in [6.07, 6.45) is 1.91. The molecule has 1 heterocycles. The average Bonchev–Trinajstić information content (AvgIpc) is 2.42. The fourth-order valence-electron chi connectivity index (χ4n) is 2.16. The van der Waals surface area contributed by atoms with Gasteiger partial charge in [0.25, 0.3) is 0 Å². The van der Waals surface area contributed by atoms with Gasteiger partial charge in [0.1, 0.15) is 12.4 Å². The van der Waals surface area contributed by atoms with Crippen molar-refractivity contribution in [2.75, 3.05) is 26.2 Å². The Bertz CT molecular complexity index is 465. The highest BCUT2D eigenvalue weighted by atomic mass is 35.5. The molecular weight excluding hydrogens is 283 g/mol. The van der Waals surface area contributed by atoms with Crippen molar-refractivity contribution in [1.82, 2.24) is 4.90 Å². The van der Waals surface area contributed by atoms with Gasteiger partial charge >= 0.3 is 0 Å². The number of rotatable bonds is 4. The summed E-state index contributed by atoms with van der Waals surface area (Å²) in [6, 6.07) is 7.56. The van der Waals surface area contributed by atoms with Crippen molar-refractivity contribution < 1.29 is 4.74 Å². The molecule has 0 unspecified atom stereocenters. The van der Waals surface area contributed by atoms with Gasteiger partial charge in [-0.25, -0.2) is 0 Å². The number of hydrogen-bond acceptors (Lipinski definition) is 3. The van der Waals surface area contributed by atoms with E-state index in [-0.39, 0.29) is 5.92 Å². The number of hydrogen-bond donors (Lipinski definition) is 0. The smallest absolute Gasteiger partial charge is 0.138 e. The van der Waals surface area contributed by atoms with E-state index >= 15 is 0 Å². The van der Waals surface area contributed by atoms with E-state index in [1.54, 1.807) is 18.2 Å². The van der Waals surface area contributed by atoms with Gasteiger partial charge in [-0.05, 0) is 44.1 Å². The Labute approximate surface area is 123 Å². The summed E-state index contributed by atoms with van der Waals surface area (Å²) in [4.78, 5) is 2.32. The van der Waals surface area contributed by atoms with E-state index in [0.717, 1.165) is 32.5 Å². The molecule has 0 spiro atoms. The highest BCUT2D eigenvalue weighted by Crippen LogP contribution is 2.27. The molecule has 3 nitrogen and oxygen atoms in total. The molecule has 102 valence electrons. The normalized spacial score (nSPS) is 17.1. The Morgan fingerprint density at radius 1 is 1.32 bits per heavy atom. The zero-order valence-corrected chi connectivity index (χ0v) is 12.1. The van der Waals surface area contributed by atoms with Crippen LogP contribution >= 0.6 is 23.2 Å². The summed E-state index contributed by atoms with van der Waals surface area (Å²) in [7, 11) is 0. The van der Waals surface area contributed by atoms with Gasteiger partial charge in [0.2, 0.25) is 0 Å². The van der Waals surface area contributed by atoms with E-state index < -0.39 is 0 Å². The Hall–Kier alpha value is -0.950. The highest BCUT2D eigenvalue weighted by molar-refractivity contribution is 6.35. The van der Waals surface area contributed by atoms with Gasteiger partial charge in [0, 0.05) is 17.5 Å². The van der Waals surface area contributed by atoms with Gasteiger partial charge in [-0.2, -0.15) is 5.26 Å². The predicted molar refractivity (Wildman–Crippen MR) is 76.7 cm³/mol. The molecule has 2 rings (SSSR count). The van der Waals surface area contributed by atoms with Gasteiger partial charge in [-0.3, -0.25) is 4.90 Å². The maximum atomic E-state index is 8.84. The van der Waals surface area contributed by atoms with E-state index in [1.807, 2.05) is 0 Å². The van der Waals surface area contributed by atoms with Crippen LogP contribution in [0.25, 0.3) is 0 Å². The second kappa shape index (κ2) is 7.00. The summed E-state index contributed by atoms with van der Waals surface area (Å²) in [5, 5.41) is 9.98. The number of ether oxygens (including phenoxy) is 1. The zero-order chi connectivity index (χ0) is 13.7. The first-order valence-electron chi connectivity index (χ1n) is 6.39. The molecule has 1 aromatic rings. The van der Waals surface area contributed by atoms with E-state index in [0.29, 0.717) is 22.4 Å².